The van der Waals surface area contributed by atoms with Crippen molar-refractivity contribution in [3.63, 3.8) is 0 Å². The molecular weight excluding hydrogens is 308 g/mol. The van der Waals surface area contributed by atoms with Gasteiger partial charge in [-0.25, -0.2) is 0 Å². The van der Waals surface area contributed by atoms with Crippen LogP contribution in [0, 0.1) is 11.8 Å². The zero-order chi connectivity index (χ0) is 16.1. The fraction of sp³-hybridized carbons (Fsp3) is 0.667. The molecule has 2 fully saturated rings. The van der Waals surface area contributed by atoms with Crippen LogP contribution in [0.25, 0.3) is 0 Å². The first kappa shape index (κ1) is 16.5. The number of carbonyl (C=O) groups excluding carboxylic acids is 2. The van der Waals surface area contributed by atoms with Gasteiger partial charge in [-0.3, -0.25) is 9.59 Å². The second-order valence-corrected chi connectivity index (χ2v) is 7.76. The molecule has 1 aliphatic carbocycles. The minimum absolute atomic E-state index is 0.0605. The summed E-state index contributed by atoms with van der Waals surface area (Å²) >= 11 is 1.66. The van der Waals surface area contributed by atoms with E-state index in [4.69, 9.17) is 0 Å². The first-order chi connectivity index (χ1) is 11.2. The van der Waals surface area contributed by atoms with Crippen LogP contribution in [-0.4, -0.2) is 29.8 Å². The molecule has 3 rings (SSSR count). The Morgan fingerprint density at radius 3 is 2.48 bits per heavy atom. The molecular formula is C18H26N2O2S. The first-order valence-corrected chi connectivity index (χ1v) is 9.71. The molecule has 2 amide bonds. The predicted octanol–water partition coefficient (Wildman–Crippen LogP) is 3.18. The molecule has 0 aromatic carbocycles. The lowest BCUT2D eigenvalue weighted by atomic mass is 9.87. The quantitative estimate of drug-likeness (QED) is 0.919. The summed E-state index contributed by atoms with van der Waals surface area (Å²) in [6.07, 6.45) is 7.37. The fourth-order valence-corrected chi connectivity index (χ4v) is 4.35. The smallest absolute Gasteiger partial charge is 0.225 e. The Labute approximate surface area is 142 Å². The summed E-state index contributed by atoms with van der Waals surface area (Å²) in [7, 11) is 0. The van der Waals surface area contributed by atoms with Gasteiger partial charge in [0.2, 0.25) is 11.8 Å². The molecule has 0 spiro atoms. The van der Waals surface area contributed by atoms with Crippen LogP contribution >= 0.6 is 11.3 Å². The highest BCUT2D eigenvalue weighted by Gasteiger charge is 2.31. The van der Waals surface area contributed by atoms with Crippen LogP contribution in [0.2, 0.25) is 0 Å². The van der Waals surface area contributed by atoms with Gasteiger partial charge in [0.05, 0.1) is 6.54 Å². The highest BCUT2D eigenvalue weighted by atomic mass is 32.1. The number of carbonyl (C=O) groups is 2. The minimum Gasteiger partial charge on any atom is -0.351 e. The summed E-state index contributed by atoms with van der Waals surface area (Å²) in [5.41, 5.74) is 0. The summed E-state index contributed by atoms with van der Waals surface area (Å²) in [5, 5.41) is 5.05. The van der Waals surface area contributed by atoms with Crippen molar-refractivity contribution in [2.45, 2.75) is 51.5 Å². The molecule has 0 radical (unpaired) electrons. The van der Waals surface area contributed by atoms with E-state index in [1.807, 2.05) is 22.4 Å². The number of piperidine rings is 1. The predicted molar refractivity (Wildman–Crippen MR) is 92.0 cm³/mol. The van der Waals surface area contributed by atoms with Crippen LogP contribution in [0.3, 0.4) is 0 Å². The normalized spacial score (nSPS) is 20.4. The van der Waals surface area contributed by atoms with Crippen LogP contribution in [-0.2, 0) is 16.1 Å². The van der Waals surface area contributed by atoms with E-state index in [0.717, 1.165) is 38.8 Å². The molecule has 0 unspecified atom stereocenters. The molecule has 1 aliphatic heterocycles. The third-order valence-electron chi connectivity index (χ3n) is 5.15. The maximum atomic E-state index is 12.5. The zero-order valence-corrected chi connectivity index (χ0v) is 14.4. The number of likely N-dealkylation sites (tertiary alicyclic amines) is 1. The molecule has 1 N–H and O–H groups in total. The van der Waals surface area contributed by atoms with Crippen LogP contribution in [0.5, 0.6) is 0 Å². The second kappa shape index (κ2) is 7.95. The fourth-order valence-electron chi connectivity index (χ4n) is 3.70. The minimum atomic E-state index is 0.0605. The largest absolute Gasteiger partial charge is 0.351 e. The standard InChI is InChI=1S/C18H26N2O2S/c21-17(19-13-16-7-4-12-23-16)14-8-10-20(11-9-14)18(22)15-5-2-1-3-6-15/h4,7,12,14-15H,1-3,5-6,8-11,13H2,(H,19,21). The maximum absolute atomic E-state index is 12.5. The van der Waals surface area contributed by atoms with Gasteiger partial charge in [-0.1, -0.05) is 25.3 Å². The number of amides is 2. The third-order valence-corrected chi connectivity index (χ3v) is 6.03. The third kappa shape index (κ3) is 4.34. The van der Waals surface area contributed by atoms with E-state index in [-0.39, 0.29) is 17.7 Å². The van der Waals surface area contributed by atoms with Crippen molar-refractivity contribution < 1.29 is 9.59 Å². The average Bonchev–Trinajstić information content (AvgIpc) is 3.13. The zero-order valence-electron chi connectivity index (χ0n) is 13.6. The molecule has 1 aromatic heterocycles. The van der Waals surface area contributed by atoms with E-state index < -0.39 is 0 Å². The van der Waals surface area contributed by atoms with Crippen LogP contribution < -0.4 is 5.32 Å². The molecule has 23 heavy (non-hydrogen) atoms. The van der Waals surface area contributed by atoms with Crippen LogP contribution in [0.4, 0.5) is 0 Å². The molecule has 2 aliphatic rings. The Morgan fingerprint density at radius 1 is 1.09 bits per heavy atom. The number of nitrogens with one attached hydrogen (secondary N) is 1. The Morgan fingerprint density at radius 2 is 1.83 bits per heavy atom. The van der Waals surface area contributed by atoms with E-state index in [2.05, 4.69) is 5.32 Å². The monoisotopic (exact) mass is 334 g/mol. The van der Waals surface area contributed by atoms with Crippen molar-refractivity contribution in [2.24, 2.45) is 11.8 Å². The van der Waals surface area contributed by atoms with Crippen molar-refractivity contribution in [3.8, 4) is 0 Å². The van der Waals surface area contributed by atoms with Crippen LogP contribution in [0.15, 0.2) is 17.5 Å². The van der Waals surface area contributed by atoms with Crippen molar-refractivity contribution in [2.75, 3.05) is 13.1 Å². The number of rotatable bonds is 4. The Bertz CT molecular complexity index is 515. The summed E-state index contributed by atoms with van der Waals surface area (Å²) in [4.78, 5) is 28.0. The van der Waals surface area contributed by atoms with Crippen LogP contribution in [0.1, 0.15) is 49.8 Å². The number of thiophene rings is 1. The first-order valence-electron chi connectivity index (χ1n) is 8.83. The molecule has 0 bridgehead atoms. The Hall–Kier alpha value is -1.36. The van der Waals surface area contributed by atoms with Crippen molar-refractivity contribution in [1.29, 1.82) is 0 Å². The van der Waals surface area contributed by atoms with Gasteiger partial charge in [0.25, 0.3) is 0 Å². The van der Waals surface area contributed by atoms with Gasteiger partial charge in [-0.15, -0.1) is 11.3 Å². The summed E-state index contributed by atoms with van der Waals surface area (Å²) in [6, 6.07) is 4.04. The summed E-state index contributed by atoms with van der Waals surface area (Å²) in [5.74, 6) is 0.781. The molecule has 1 aromatic rings. The highest BCUT2D eigenvalue weighted by Crippen LogP contribution is 2.27. The maximum Gasteiger partial charge on any atom is 0.225 e. The van der Waals surface area contributed by atoms with Gasteiger partial charge in [-0.2, -0.15) is 0 Å². The average molecular weight is 334 g/mol. The lowest BCUT2D eigenvalue weighted by molar-refractivity contribution is -0.140. The lowest BCUT2D eigenvalue weighted by Crippen LogP contribution is -2.45. The topological polar surface area (TPSA) is 49.4 Å². The lowest BCUT2D eigenvalue weighted by Gasteiger charge is -2.34. The highest BCUT2D eigenvalue weighted by molar-refractivity contribution is 7.09. The van der Waals surface area contributed by atoms with E-state index in [1.54, 1.807) is 11.3 Å². The Kier molecular flexibility index (Phi) is 5.70. The van der Waals surface area contributed by atoms with Crippen molar-refractivity contribution >= 4 is 23.2 Å². The Balaban J connectivity index is 1.42. The van der Waals surface area contributed by atoms with Crippen molar-refractivity contribution in [3.05, 3.63) is 22.4 Å². The van der Waals surface area contributed by atoms with Gasteiger partial charge in [0, 0.05) is 29.8 Å². The van der Waals surface area contributed by atoms with E-state index in [9.17, 15) is 9.59 Å². The van der Waals surface area contributed by atoms with E-state index in [0.29, 0.717) is 12.5 Å². The number of hydrogen-bond acceptors (Lipinski definition) is 3. The molecule has 2 heterocycles. The molecule has 5 heteroatoms. The van der Waals surface area contributed by atoms with Gasteiger partial charge >= 0.3 is 0 Å². The summed E-state index contributed by atoms with van der Waals surface area (Å²) in [6.45, 7) is 2.11. The number of hydrogen-bond donors (Lipinski definition) is 1. The van der Waals surface area contributed by atoms with Gasteiger partial charge in [0.15, 0.2) is 0 Å². The molecule has 126 valence electrons. The van der Waals surface area contributed by atoms with Crippen molar-refractivity contribution in [1.82, 2.24) is 10.2 Å². The summed E-state index contributed by atoms with van der Waals surface area (Å²) < 4.78 is 0. The van der Waals surface area contributed by atoms with E-state index >= 15 is 0 Å². The van der Waals surface area contributed by atoms with Gasteiger partial charge < -0.3 is 10.2 Å². The molecule has 0 atom stereocenters. The van der Waals surface area contributed by atoms with Gasteiger partial charge in [0.1, 0.15) is 0 Å². The molecule has 1 saturated carbocycles. The SMILES string of the molecule is O=C(NCc1cccs1)C1CCN(C(=O)C2CCCCC2)CC1. The molecule has 1 saturated heterocycles. The van der Waals surface area contributed by atoms with Gasteiger partial charge in [-0.05, 0) is 37.1 Å². The van der Waals surface area contributed by atoms with E-state index in [1.165, 1.54) is 24.1 Å². The second-order valence-electron chi connectivity index (χ2n) is 6.73. The number of nitrogens with zero attached hydrogens (tertiary/aromatic N) is 1. The molecule has 4 nitrogen and oxygen atoms in total.